The maximum absolute atomic E-state index is 13.2. The van der Waals surface area contributed by atoms with Crippen LogP contribution in [0.15, 0.2) is 42.7 Å². The molecule has 1 unspecified atom stereocenters. The summed E-state index contributed by atoms with van der Waals surface area (Å²) >= 11 is 6.27. The van der Waals surface area contributed by atoms with Crippen molar-refractivity contribution in [2.24, 2.45) is 0 Å². The van der Waals surface area contributed by atoms with Crippen molar-refractivity contribution in [1.29, 1.82) is 0 Å². The minimum Gasteiger partial charge on any atom is -0.376 e. The van der Waals surface area contributed by atoms with Crippen LogP contribution in [0.4, 0.5) is 4.39 Å². The van der Waals surface area contributed by atoms with Gasteiger partial charge >= 0.3 is 0 Å². The Bertz CT molecular complexity index is 1060. The Morgan fingerprint density at radius 2 is 2.07 bits per heavy atom. The molecule has 1 aliphatic heterocycles. The molecule has 0 saturated carbocycles. The zero-order valence-corrected chi connectivity index (χ0v) is 16.3. The molecule has 0 bridgehead atoms. The average Bonchev–Trinajstić information content (AvgIpc) is 3.35. The van der Waals surface area contributed by atoms with Gasteiger partial charge in [0, 0.05) is 42.1 Å². The Balaban J connectivity index is 1.61. The van der Waals surface area contributed by atoms with Crippen molar-refractivity contribution in [3.63, 3.8) is 0 Å². The zero-order chi connectivity index (χ0) is 20.4. The number of carbonyl (C=O) groups excluding carboxylic acids is 2. The number of carbonyl (C=O) groups is 2. The number of benzene rings is 1. The Labute approximate surface area is 171 Å². The highest BCUT2D eigenvalue weighted by molar-refractivity contribution is 6.34. The molecule has 1 atom stereocenters. The van der Waals surface area contributed by atoms with Crippen LogP contribution in [-0.2, 0) is 16.1 Å². The first kappa shape index (κ1) is 19.5. The van der Waals surface area contributed by atoms with Gasteiger partial charge in [0.05, 0.1) is 11.6 Å². The Kier molecular flexibility index (Phi) is 5.60. The summed E-state index contributed by atoms with van der Waals surface area (Å²) in [4.78, 5) is 29.5. The molecule has 0 radical (unpaired) electrons. The van der Waals surface area contributed by atoms with Crippen molar-refractivity contribution >= 4 is 34.2 Å². The van der Waals surface area contributed by atoms with Crippen LogP contribution in [0.25, 0.3) is 10.9 Å². The van der Waals surface area contributed by atoms with Gasteiger partial charge < -0.3 is 14.6 Å². The van der Waals surface area contributed by atoms with Crippen LogP contribution in [0.2, 0.25) is 5.15 Å². The van der Waals surface area contributed by atoms with E-state index < -0.39 is 5.82 Å². The molecule has 2 aromatic heterocycles. The first-order valence-corrected chi connectivity index (χ1v) is 9.72. The molecule has 0 aliphatic carbocycles. The Morgan fingerprint density at radius 3 is 2.79 bits per heavy atom. The van der Waals surface area contributed by atoms with Crippen LogP contribution >= 0.6 is 11.6 Å². The minimum atomic E-state index is -0.417. The second-order valence-corrected chi connectivity index (χ2v) is 7.30. The molecular weight excluding hydrogens is 397 g/mol. The summed E-state index contributed by atoms with van der Waals surface area (Å²) in [5.74, 6) is -0.909. The molecule has 3 aromatic rings. The van der Waals surface area contributed by atoms with Gasteiger partial charge in [0.15, 0.2) is 10.9 Å². The normalized spacial score (nSPS) is 16.3. The topological polar surface area (TPSA) is 73.2 Å². The van der Waals surface area contributed by atoms with Gasteiger partial charge in [0.25, 0.3) is 0 Å². The number of rotatable bonds is 6. The fraction of sp³-hybridized carbons (Fsp3) is 0.286. The number of ketones is 1. The van der Waals surface area contributed by atoms with E-state index in [1.807, 2.05) is 0 Å². The molecular formula is C21H19ClFN3O3. The maximum atomic E-state index is 13.2. The number of pyridine rings is 1. The quantitative estimate of drug-likeness (QED) is 0.495. The summed E-state index contributed by atoms with van der Waals surface area (Å²) in [6.07, 6.45) is 5.07. The molecule has 1 saturated heterocycles. The van der Waals surface area contributed by atoms with Crippen LogP contribution in [0, 0.1) is 5.82 Å². The number of hydrogen-bond donors (Lipinski definition) is 1. The second-order valence-electron chi connectivity index (χ2n) is 6.94. The summed E-state index contributed by atoms with van der Waals surface area (Å²) < 4.78 is 20.3. The lowest BCUT2D eigenvalue weighted by atomic mass is 10.0. The molecule has 1 aliphatic rings. The molecule has 29 heavy (non-hydrogen) atoms. The van der Waals surface area contributed by atoms with E-state index in [1.54, 1.807) is 16.8 Å². The van der Waals surface area contributed by atoms with Crippen molar-refractivity contribution in [1.82, 2.24) is 14.9 Å². The lowest BCUT2D eigenvalue weighted by Crippen LogP contribution is -2.34. The average molecular weight is 416 g/mol. The SMILES string of the molecule is O=C(Cn1cc(C(=O)c2ccc(F)cc2)c2ccnc(Cl)c21)NCC1CCCO1. The molecule has 3 heterocycles. The van der Waals surface area contributed by atoms with Crippen molar-refractivity contribution in [3.8, 4) is 0 Å². The van der Waals surface area contributed by atoms with Crippen molar-refractivity contribution in [3.05, 3.63) is 64.8 Å². The highest BCUT2D eigenvalue weighted by Gasteiger charge is 2.21. The lowest BCUT2D eigenvalue weighted by Gasteiger charge is -2.11. The van der Waals surface area contributed by atoms with Crippen LogP contribution < -0.4 is 5.32 Å². The van der Waals surface area contributed by atoms with Crippen molar-refractivity contribution in [2.45, 2.75) is 25.5 Å². The van der Waals surface area contributed by atoms with E-state index in [-0.39, 0.29) is 29.5 Å². The summed E-state index contributed by atoms with van der Waals surface area (Å²) in [6.45, 7) is 1.16. The first-order valence-electron chi connectivity index (χ1n) is 9.35. The molecule has 1 amide bonds. The van der Waals surface area contributed by atoms with Gasteiger partial charge in [-0.1, -0.05) is 11.6 Å². The number of fused-ring (bicyclic) bond motifs is 1. The third kappa shape index (κ3) is 4.16. The van der Waals surface area contributed by atoms with Gasteiger partial charge in [0.1, 0.15) is 12.4 Å². The Hall–Kier alpha value is -2.77. The molecule has 1 aromatic carbocycles. The summed E-state index contributed by atoms with van der Waals surface area (Å²) in [5.41, 5.74) is 1.23. The van der Waals surface area contributed by atoms with Gasteiger partial charge in [-0.2, -0.15) is 0 Å². The monoisotopic (exact) mass is 415 g/mol. The van der Waals surface area contributed by atoms with Gasteiger partial charge in [0.2, 0.25) is 5.91 Å². The molecule has 8 heteroatoms. The third-order valence-electron chi connectivity index (χ3n) is 4.96. The summed E-state index contributed by atoms with van der Waals surface area (Å²) in [6, 6.07) is 7.01. The standard InChI is InChI=1S/C21H19ClFN3O3/c22-21-19-16(7-8-24-21)17(20(28)13-3-5-14(23)6-4-13)11-26(19)12-18(27)25-10-15-2-1-9-29-15/h3-8,11,15H,1-2,9-10,12H2,(H,25,27). The smallest absolute Gasteiger partial charge is 0.240 e. The van der Waals surface area contributed by atoms with E-state index in [0.29, 0.717) is 28.6 Å². The largest absolute Gasteiger partial charge is 0.376 e. The van der Waals surface area contributed by atoms with Gasteiger partial charge in [-0.3, -0.25) is 9.59 Å². The van der Waals surface area contributed by atoms with E-state index >= 15 is 0 Å². The molecule has 1 N–H and O–H groups in total. The molecule has 0 spiro atoms. The molecule has 6 nitrogen and oxygen atoms in total. The highest BCUT2D eigenvalue weighted by Crippen LogP contribution is 2.28. The third-order valence-corrected chi connectivity index (χ3v) is 5.23. The Morgan fingerprint density at radius 1 is 1.28 bits per heavy atom. The molecule has 150 valence electrons. The second kappa shape index (κ2) is 8.31. The van der Waals surface area contributed by atoms with Crippen LogP contribution in [0.5, 0.6) is 0 Å². The minimum absolute atomic E-state index is 0.00860. The first-order chi connectivity index (χ1) is 14.0. The van der Waals surface area contributed by atoms with E-state index in [2.05, 4.69) is 10.3 Å². The van der Waals surface area contributed by atoms with Crippen LogP contribution in [-0.4, -0.2) is 40.5 Å². The van der Waals surface area contributed by atoms with Crippen LogP contribution in [0.3, 0.4) is 0 Å². The van der Waals surface area contributed by atoms with Gasteiger partial charge in [-0.15, -0.1) is 0 Å². The summed E-state index contributed by atoms with van der Waals surface area (Å²) in [5, 5.41) is 3.65. The van der Waals surface area contributed by atoms with E-state index in [0.717, 1.165) is 19.4 Å². The fourth-order valence-corrected chi connectivity index (χ4v) is 3.78. The highest BCUT2D eigenvalue weighted by atomic mass is 35.5. The van der Waals surface area contributed by atoms with E-state index in [4.69, 9.17) is 16.3 Å². The predicted octanol–water partition coefficient (Wildman–Crippen LogP) is 3.36. The number of nitrogens with zero attached hydrogens (tertiary/aromatic N) is 2. The lowest BCUT2D eigenvalue weighted by molar-refractivity contribution is -0.122. The fourth-order valence-electron chi connectivity index (χ4n) is 3.51. The molecule has 4 rings (SSSR count). The van der Waals surface area contributed by atoms with E-state index in [9.17, 15) is 14.0 Å². The maximum Gasteiger partial charge on any atom is 0.240 e. The number of amides is 1. The van der Waals surface area contributed by atoms with Gasteiger partial charge in [-0.25, -0.2) is 9.37 Å². The number of aromatic nitrogens is 2. The number of halogens is 2. The van der Waals surface area contributed by atoms with Gasteiger partial charge in [-0.05, 0) is 43.2 Å². The number of nitrogens with one attached hydrogen (secondary N) is 1. The zero-order valence-electron chi connectivity index (χ0n) is 15.5. The van der Waals surface area contributed by atoms with E-state index in [1.165, 1.54) is 30.5 Å². The van der Waals surface area contributed by atoms with Crippen LogP contribution in [0.1, 0.15) is 28.8 Å². The molecule has 1 fully saturated rings. The summed E-state index contributed by atoms with van der Waals surface area (Å²) in [7, 11) is 0. The number of hydrogen-bond acceptors (Lipinski definition) is 4. The van der Waals surface area contributed by atoms with Crippen molar-refractivity contribution < 1.29 is 18.7 Å². The van der Waals surface area contributed by atoms with Crippen molar-refractivity contribution in [2.75, 3.05) is 13.2 Å². The number of ether oxygens (including phenoxy) is 1. The predicted molar refractivity (Wildman–Crippen MR) is 107 cm³/mol.